The highest BCUT2D eigenvalue weighted by molar-refractivity contribution is 5.98. The summed E-state index contributed by atoms with van der Waals surface area (Å²) in [4.78, 5) is 23.5. The quantitative estimate of drug-likeness (QED) is 0.694. The van der Waals surface area contributed by atoms with Crippen molar-refractivity contribution in [2.45, 2.75) is 37.8 Å². The number of carbonyl (C=O) groups is 1. The average molecular weight is 390 g/mol. The molecular formula is C23H27N5O. The Morgan fingerprint density at radius 3 is 2.45 bits per heavy atom. The minimum atomic E-state index is 0.00850. The lowest BCUT2D eigenvalue weighted by Gasteiger charge is -2.29. The summed E-state index contributed by atoms with van der Waals surface area (Å²) in [5.74, 6) is 1.56. The van der Waals surface area contributed by atoms with Gasteiger partial charge in [0.1, 0.15) is 5.82 Å². The molecule has 0 aliphatic heterocycles. The smallest absolute Gasteiger partial charge is 0.251 e. The zero-order valence-corrected chi connectivity index (χ0v) is 16.9. The fourth-order valence-electron chi connectivity index (χ4n) is 3.83. The number of rotatable bonds is 5. The largest absolute Gasteiger partial charge is 0.363 e. The second-order valence-corrected chi connectivity index (χ2v) is 7.86. The Bertz CT molecular complexity index is 995. The van der Waals surface area contributed by atoms with Crippen molar-refractivity contribution in [1.29, 1.82) is 0 Å². The topological polar surface area (TPSA) is 70.2 Å². The van der Waals surface area contributed by atoms with Crippen molar-refractivity contribution in [3.63, 3.8) is 0 Å². The number of aromatic nitrogens is 2. The molecule has 0 bridgehead atoms. The number of fused-ring (bicyclic) bond motifs is 1. The van der Waals surface area contributed by atoms with Crippen LogP contribution in [0.4, 0.5) is 11.8 Å². The maximum Gasteiger partial charge on any atom is 0.251 e. The van der Waals surface area contributed by atoms with Crippen LogP contribution in [-0.2, 0) is 0 Å². The Morgan fingerprint density at radius 2 is 1.69 bits per heavy atom. The summed E-state index contributed by atoms with van der Waals surface area (Å²) in [6, 6.07) is 16.4. The molecular weight excluding hydrogens is 362 g/mol. The van der Waals surface area contributed by atoms with Crippen LogP contribution in [0, 0.1) is 0 Å². The zero-order valence-electron chi connectivity index (χ0n) is 16.9. The van der Waals surface area contributed by atoms with E-state index in [0.29, 0.717) is 12.0 Å². The summed E-state index contributed by atoms with van der Waals surface area (Å²) in [6.45, 7) is 0. The second kappa shape index (κ2) is 8.47. The predicted octanol–water partition coefficient (Wildman–Crippen LogP) is 3.85. The molecule has 0 saturated heterocycles. The highest BCUT2D eigenvalue weighted by Crippen LogP contribution is 2.22. The first kappa shape index (κ1) is 19.2. The van der Waals surface area contributed by atoms with Crippen molar-refractivity contribution in [2.75, 3.05) is 24.3 Å². The molecule has 4 rings (SSSR count). The lowest BCUT2D eigenvalue weighted by molar-refractivity contribution is 0.0926. The van der Waals surface area contributed by atoms with Crippen molar-refractivity contribution in [2.24, 2.45) is 0 Å². The molecule has 0 radical (unpaired) electrons. The first-order valence-electron chi connectivity index (χ1n) is 10.1. The van der Waals surface area contributed by atoms with Gasteiger partial charge in [0.25, 0.3) is 5.91 Å². The number of carbonyl (C=O) groups excluding carboxylic acids is 1. The van der Waals surface area contributed by atoms with Crippen molar-refractivity contribution >= 4 is 28.4 Å². The number of hydrogen-bond acceptors (Lipinski definition) is 5. The molecule has 1 aromatic heterocycles. The number of benzene rings is 2. The molecule has 2 N–H and O–H groups in total. The van der Waals surface area contributed by atoms with Crippen molar-refractivity contribution in [1.82, 2.24) is 15.3 Å². The summed E-state index contributed by atoms with van der Waals surface area (Å²) in [5, 5.41) is 8.88. The molecule has 6 nitrogen and oxygen atoms in total. The zero-order chi connectivity index (χ0) is 20.2. The van der Waals surface area contributed by atoms with E-state index in [-0.39, 0.29) is 11.9 Å². The number of hydrogen-bond donors (Lipinski definition) is 2. The van der Waals surface area contributed by atoms with Crippen molar-refractivity contribution in [3.05, 3.63) is 60.3 Å². The third kappa shape index (κ3) is 4.65. The Labute approximate surface area is 171 Å². The van der Waals surface area contributed by atoms with Crippen LogP contribution in [0.15, 0.2) is 54.7 Å². The van der Waals surface area contributed by atoms with E-state index in [0.717, 1.165) is 47.8 Å². The van der Waals surface area contributed by atoms with Gasteiger partial charge in [-0.3, -0.25) is 4.79 Å². The third-order valence-electron chi connectivity index (χ3n) is 5.51. The van der Waals surface area contributed by atoms with E-state index in [1.165, 1.54) is 0 Å². The molecule has 1 fully saturated rings. The summed E-state index contributed by atoms with van der Waals surface area (Å²) < 4.78 is 0. The molecule has 1 saturated carbocycles. The van der Waals surface area contributed by atoms with Gasteiger partial charge in [-0.05, 0) is 54.7 Å². The Balaban J connectivity index is 1.31. The fourth-order valence-corrected chi connectivity index (χ4v) is 3.83. The first-order chi connectivity index (χ1) is 14.1. The van der Waals surface area contributed by atoms with Gasteiger partial charge in [-0.2, -0.15) is 4.98 Å². The molecule has 150 valence electrons. The van der Waals surface area contributed by atoms with Crippen LogP contribution in [0.3, 0.4) is 0 Å². The molecule has 1 heterocycles. The molecule has 1 aliphatic rings. The minimum Gasteiger partial charge on any atom is -0.363 e. The molecule has 0 unspecified atom stereocenters. The van der Waals surface area contributed by atoms with E-state index >= 15 is 0 Å². The minimum absolute atomic E-state index is 0.00850. The lowest BCUT2D eigenvalue weighted by Crippen LogP contribution is -2.40. The van der Waals surface area contributed by atoms with Gasteiger partial charge in [0, 0.05) is 37.9 Å². The Morgan fingerprint density at radius 1 is 0.966 bits per heavy atom. The van der Waals surface area contributed by atoms with Crippen LogP contribution in [0.25, 0.3) is 10.8 Å². The molecule has 0 atom stereocenters. The predicted molar refractivity (Wildman–Crippen MR) is 117 cm³/mol. The summed E-state index contributed by atoms with van der Waals surface area (Å²) >= 11 is 0. The van der Waals surface area contributed by atoms with E-state index in [9.17, 15) is 4.79 Å². The average Bonchev–Trinajstić information content (AvgIpc) is 2.75. The van der Waals surface area contributed by atoms with E-state index in [1.54, 1.807) is 6.20 Å². The Kier molecular flexibility index (Phi) is 5.60. The summed E-state index contributed by atoms with van der Waals surface area (Å²) in [6.07, 6.45) is 5.64. The van der Waals surface area contributed by atoms with Gasteiger partial charge in [-0.1, -0.05) is 30.3 Å². The third-order valence-corrected chi connectivity index (χ3v) is 5.51. The second-order valence-electron chi connectivity index (χ2n) is 7.86. The molecule has 6 heteroatoms. The monoisotopic (exact) mass is 389 g/mol. The molecule has 3 aromatic rings. The molecule has 1 amide bonds. The number of nitrogens with zero attached hydrogens (tertiary/aromatic N) is 3. The van der Waals surface area contributed by atoms with E-state index in [2.05, 4.69) is 26.7 Å². The van der Waals surface area contributed by atoms with Crippen molar-refractivity contribution in [3.8, 4) is 0 Å². The van der Waals surface area contributed by atoms with Gasteiger partial charge < -0.3 is 15.5 Å². The fraction of sp³-hybridized carbons (Fsp3) is 0.348. The molecule has 2 aromatic carbocycles. The Hall–Kier alpha value is -3.15. The van der Waals surface area contributed by atoms with Crippen LogP contribution in [0.1, 0.15) is 36.0 Å². The van der Waals surface area contributed by atoms with Gasteiger partial charge in [-0.25, -0.2) is 4.98 Å². The SMILES string of the molecule is CN(C)c1ccnc(NC2CCC(NC(=O)c3ccc4ccccc4c3)CC2)n1. The summed E-state index contributed by atoms with van der Waals surface area (Å²) in [5.41, 5.74) is 0.720. The lowest BCUT2D eigenvalue weighted by atomic mass is 9.91. The highest BCUT2D eigenvalue weighted by Gasteiger charge is 2.23. The van der Waals surface area contributed by atoms with Gasteiger partial charge in [-0.15, -0.1) is 0 Å². The van der Waals surface area contributed by atoms with Crippen LogP contribution < -0.4 is 15.5 Å². The number of amides is 1. The van der Waals surface area contributed by atoms with E-state index in [4.69, 9.17) is 0 Å². The van der Waals surface area contributed by atoms with Gasteiger partial charge in [0.2, 0.25) is 5.95 Å². The van der Waals surface area contributed by atoms with Gasteiger partial charge in [0.05, 0.1) is 0 Å². The van der Waals surface area contributed by atoms with Crippen LogP contribution in [0.2, 0.25) is 0 Å². The van der Waals surface area contributed by atoms with Crippen LogP contribution in [-0.4, -0.2) is 42.1 Å². The normalized spacial score (nSPS) is 19.0. The van der Waals surface area contributed by atoms with Crippen LogP contribution in [0.5, 0.6) is 0 Å². The van der Waals surface area contributed by atoms with Gasteiger partial charge in [0.15, 0.2) is 0 Å². The maximum atomic E-state index is 12.7. The van der Waals surface area contributed by atoms with E-state index in [1.807, 2.05) is 61.5 Å². The summed E-state index contributed by atoms with van der Waals surface area (Å²) in [7, 11) is 3.94. The molecule has 0 spiro atoms. The van der Waals surface area contributed by atoms with E-state index < -0.39 is 0 Å². The number of nitrogens with one attached hydrogen (secondary N) is 2. The molecule has 29 heavy (non-hydrogen) atoms. The molecule has 1 aliphatic carbocycles. The maximum absolute atomic E-state index is 12.7. The van der Waals surface area contributed by atoms with Crippen LogP contribution >= 0.6 is 0 Å². The highest BCUT2D eigenvalue weighted by atomic mass is 16.1. The van der Waals surface area contributed by atoms with Crippen molar-refractivity contribution < 1.29 is 4.79 Å². The standard InChI is InChI=1S/C23H27N5O/c1-28(2)21-13-14-24-23(27-21)26-20-11-9-19(10-12-20)25-22(29)18-8-7-16-5-3-4-6-17(16)15-18/h3-8,13-15,19-20H,9-12H2,1-2H3,(H,25,29)(H,24,26,27). The van der Waals surface area contributed by atoms with Gasteiger partial charge >= 0.3 is 0 Å². The first-order valence-corrected chi connectivity index (χ1v) is 10.1. The number of anilines is 2.